The SMILES string of the molecule is CCCCC([C]1CCC(C(c2ccc(F)cc2)N(C)C)CC1)(C(=O)O)c1ccc(Cl)cc1. The lowest BCUT2D eigenvalue weighted by molar-refractivity contribution is -0.144. The Balaban J connectivity index is 1.86. The van der Waals surface area contributed by atoms with Gasteiger partial charge in [-0.15, -0.1) is 0 Å². The summed E-state index contributed by atoms with van der Waals surface area (Å²) < 4.78 is 13.5. The molecule has 5 heteroatoms. The van der Waals surface area contributed by atoms with E-state index in [1.165, 1.54) is 12.1 Å². The zero-order valence-electron chi connectivity index (χ0n) is 19.3. The number of carboxylic acids is 1. The van der Waals surface area contributed by atoms with E-state index in [1.807, 2.05) is 24.3 Å². The van der Waals surface area contributed by atoms with Gasteiger partial charge in [-0.05, 0) is 93.4 Å². The van der Waals surface area contributed by atoms with Crippen molar-refractivity contribution >= 4 is 17.6 Å². The third-order valence-corrected chi connectivity index (χ3v) is 7.31. The van der Waals surface area contributed by atoms with Gasteiger partial charge in [0, 0.05) is 11.1 Å². The number of hydrogen-bond acceptors (Lipinski definition) is 2. The van der Waals surface area contributed by atoms with Crippen molar-refractivity contribution in [2.24, 2.45) is 5.92 Å². The highest BCUT2D eigenvalue weighted by Crippen LogP contribution is 2.50. The van der Waals surface area contributed by atoms with Crippen molar-refractivity contribution in [3.63, 3.8) is 0 Å². The number of halogens is 2. The number of unbranched alkanes of at least 4 members (excludes halogenated alkanes) is 1. The maximum atomic E-state index is 13.5. The van der Waals surface area contributed by atoms with E-state index in [-0.39, 0.29) is 11.9 Å². The van der Waals surface area contributed by atoms with E-state index in [2.05, 4.69) is 25.9 Å². The molecule has 3 nitrogen and oxygen atoms in total. The van der Waals surface area contributed by atoms with Crippen molar-refractivity contribution in [3.8, 4) is 0 Å². The lowest BCUT2D eigenvalue weighted by Crippen LogP contribution is -2.44. The molecular formula is C27H34ClFNO2. The summed E-state index contributed by atoms with van der Waals surface area (Å²) in [5.74, 6) is 0.524. The molecule has 3 rings (SSSR count). The van der Waals surface area contributed by atoms with E-state index in [1.54, 1.807) is 12.1 Å². The van der Waals surface area contributed by atoms with Crippen molar-refractivity contribution in [2.45, 2.75) is 63.3 Å². The molecule has 0 saturated heterocycles. The number of aliphatic carboxylic acids is 1. The Kier molecular flexibility index (Phi) is 8.35. The van der Waals surface area contributed by atoms with Crippen LogP contribution in [0.4, 0.5) is 4.39 Å². The molecule has 173 valence electrons. The van der Waals surface area contributed by atoms with Crippen LogP contribution in [0.2, 0.25) is 5.02 Å². The third kappa shape index (κ3) is 5.18. The first-order valence-corrected chi connectivity index (χ1v) is 11.9. The Labute approximate surface area is 196 Å². The monoisotopic (exact) mass is 458 g/mol. The summed E-state index contributed by atoms with van der Waals surface area (Å²) >= 11 is 6.10. The summed E-state index contributed by atoms with van der Waals surface area (Å²) in [6.07, 6.45) is 5.83. The zero-order chi connectivity index (χ0) is 23.3. The topological polar surface area (TPSA) is 40.5 Å². The average molecular weight is 459 g/mol. The number of benzene rings is 2. The first-order valence-electron chi connectivity index (χ1n) is 11.6. The Morgan fingerprint density at radius 1 is 1.12 bits per heavy atom. The second kappa shape index (κ2) is 10.8. The van der Waals surface area contributed by atoms with Gasteiger partial charge in [-0.25, -0.2) is 4.39 Å². The van der Waals surface area contributed by atoms with Gasteiger partial charge in [0.05, 0.1) is 5.41 Å². The highest BCUT2D eigenvalue weighted by atomic mass is 35.5. The van der Waals surface area contributed by atoms with Gasteiger partial charge < -0.3 is 10.0 Å². The first-order chi connectivity index (χ1) is 15.3. The Morgan fingerprint density at radius 3 is 2.22 bits per heavy atom. The molecule has 0 bridgehead atoms. The van der Waals surface area contributed by atoms with Gasteiger partial charge in [-0.2, -0.15) is 0 Å². The summed E-state index contributed by atoms with van der Waals surface area (Å²) in [4.78, 5) is 15.0. The second-order valence-corrected chi connectivity index (χ2v) is 9.66. The summed E-state index contributed by atoms with van der Waals surface area (Å²) in [5, 5.41) is 11.1. The summed E-state index contributed by atoms with van der Waals surface area (Å²) in [7, 11) is 4.12. The van der Waals surface area contributed by atoms with Gasteiger partial charge in [0.25, 0.3) is 0 Å². The fraction of sp³-hybridized carbons (Fsp3) is 0.481. The van der Waals surface area contributed by atoms with Crippen LogP contribution in [0, 0.1) is 17.7 Å². The van der Waals surface area contributed by atoms with Crippen LogP contribution >= 0.6 is 11.6 Å². The zero-order valence-corrected chi connectivity index (χ0v) is 20.0. The molecule has 1 radical (unpaired) electrons. The fourth-order valence-corrected chi connectivity index (χ4v) is 5.59. The second-order valence-electron chi connectivity index (χ2n) is 9.22. The fourth-order valence-electron chi connectivity index (χ4n) is 5.47. The number of rotatable bonds is 9. The van der Waals surface area contributed by atoms with E-state index < -0.39 is 11.4 Å². The van der Waals surface area contributed by atoms with Crippen LogP contribution in [0.25, 0.3) is 0 Å². The smallest absolute Gasteiger partial charge is 0.314 e. The number of hydrogen-bond donors (Lipinski definition) is 1. The Morgan fingerprint density at radius 2 is 1.72 bits per heavy atom. The molecule has 1 N–H and O–H groups in total. The molecule has 1 fully saturated rings. The summed E-state index contributed by atoms with van der Waals surface area (Å²) in [6.45, 7) is 2.10. The lowest BCUT2D eigenvalue weighted by atomic mass is 9.60. The van der Waals surface area contributed by atoms with Gasteiger partial charge in [-0.1, -0.05) is 55.6 Å². The highest BCUT2D eigenvalue weighted by Gasteiger charge is 2.48. The van der Waals surface area contributed by atoms with Gasteiger partial charge in [0.15, 0.2) is 0 Å². The van der Waals surface area contributed by atoms with Gasteiger partial charge in [0.1, 0.15) is 5.82 Å². The summed E-state index contributed by atoms with van der Waals surface area (Å²) in [5.41, 5.74) is 0.978. The molecule has 0 spiro atoms. The molecule has 1 saturated carbocycles. The largest absolute Gasteiger partial charge is 0.481 e. The normalized spacial score (nSPS) is 18.4. The van der Waals surface area contributed by atoms with Crippen LogP contribution in [0.15, 0.2) is 48.5 Å². The molecule has 32 heavy (non-hydrogen) atoms. The van der Waals surface area contributed by atoms with Crippen LogP contribution in [0.1, 0.15) is 69.0 Å². The van der Waals surface area contributed by atoms with Gasteiger partial charge >= 0.3 is 5.97 Å². The van der Waals surface area contributed by atoms with Crippen molar-refractivity contribution in [1.82, 2.24) is 4.90 Å². The third-order valence-electron chi connectivity index (χ3n) is 7.06. The highest BCUT2D eigenvalue weighted by molar-refractivity contribution is 6.30. The summed E-state index contributed by atoms with van der Waals surface area (Å²) in [6, 6.07) is 14.3. The first kappa shape index (κ1) is 24.7. The van der Waals surface area contributed by atoms with Crippen LogP contribution in [0.5, 0.6) is 0 Å². The molecule has 0 aromatic heterocycles. The minimum atomic E-state index is -0.963. The number of carbonyl (C=O) groups is 1. The minimum absolute atomic E-state index is 0.183. The van der Waals surface area contributed by atoms with Crippen molar-refractivity contribution in [2.75, 3.05) is 14.1 Å². The van der Waals surface area contributed by atoms with Crippen LogP contribution in [0.3, 0.4) is 0 Å². The molecule has 2 aromatic carbocycles. The van der Waals surface area contributed by atoms with E-state index in [0.29, 0.717) is 17.4 Å². The quantitative estimate of drug-likeness (QED) is 0.437. The van der Waals surface area contributed by atoms with Crippen LogP contribution in [-0.4, -0.2) is 30.1 Å². The predicted molar refractivity (Wildman–Crippen MR) is 128 cm³/mol. The number of nitrogens with zero attached hydrogens (tertiary/aromatic N) is 1. The molecule has 2 aromatic rings. The van der Waals surface area contributed by atoms with Crippen molar-refractivity contribution < 1.29 is 14.3 Å². The van der Waals surface area contributed by atoms with E-state index in [0.717, 1.165) is 55.6 Å². The maximum Gasteiger partial charge on any atom is 0.314 e. The molecule has 0 amide bonds. The predicted octanol–water partition coefficient (Wildman–Crippen LogP) is 7.06. The molecule has 0 heterocycles. The van der Waals surface area contributed by atoms with Gasteiger partial charge in [0.2, 0.25) is 0 Å². The maximum absolute atomic E-state index is 13.5. The molecule has 0 aliphatic heterocycles. The Hall–Kier alpha value is -1.91. The molecule has 1 aliphatic carbocycles. The average Bonchev–Trinajstić information content (AvgIpc) is 2.77. The molecule has 2 atom stereocenters. The molecular weight excluding hydrogens is 425 g/mol. The minimum Gasteiger partial charge on any atom is -0.481 e. The van der Waals surface area contributed by atoms with Gasteiger partial charge in [-0.3, -0.25) is 4.79 Å². The Bertz CT molecular complexity index is 876. The lowest BCUT2D eigenvalue weighted by Gasteiger charge is -2.44. The van der Waals surface area contributed by atoms with E-state index in [9.17, 15) is 14.3 Å². The van der Waals surface area contributed by atoms with Crippen LogP contribution in [-0.2, 0) is 10.2 Å². The standard InChI is InChI=1S/C27H34ClFNO2/c1-4-5-18-27(26(31)32,22-12-14-23(28)15-13-22)21-10-6-19(7-11-21)25(30(2)3)20-8-16-24(29)17-9-20/h8-9,12-17,19,25H,4-7,10-11,18H2,1-3H3,(H,31,32). The van der Waals surface area contributed by atoms with Crippen molar-refractivity contribution in [3.05, 3.63) is 76.4 Å². The van der Waals surface area contributed by atoms with Crippen LogP contribution < -0.4 is 0 Å². The molecule has 1 aliphatic rings. The van der Waals surface area contributed by atoms with Crippen molar-refractivity contribution in [1.29, 1.82) is 0 Å². The van der Waals surface area contributed by atoms with E-state index in [4.69, 9.17) is 11.6 Å². The van der Waals surface area contributed by atoms with E-state index >= 15 is 0 Å². The number of carboxylic acid groups (broad SMARTS) is 1. The molecule has 2 unspecified atom stereocenters.